The topological polar surface area (TPSA) is 47.0 Å². The molecule has 0 aliphatic carbocycles. The van der Waals surface area contributed by atoms with Gasteiger partial charge in [0.25, 0.3) is 0 Å². The normalized spacial score (nSPS) is 24.6. The fourth-order valence-corrected chi connectivity index (χ4v) is 2.04. The lowest BCUT2D eigenvalue weighted by molar-refractivity contribution is 0.0900. The van der Waals surface area contributed by atoms with Gasteiger partial charge in [0.15, 0.2) is 0 Å². The van der Waals surface area contributed by atoms with E-state index in [4.69, 9.17) is 4.74 Å². The average molecular weight is 225 g/mol. The zero-order valence-corrected chi connectivity index (χ0v) is 9.32. The molecule has 4 nitrogen and oxygen atoms in total. The van der Waals surface area contributed by atoms with E-state index in [9.17, 15) is 4.39 Å². The Labute approximate surface area is 94.2 Å². The summed E-state index contributed by atoms with van der Waals surface area (Å²) in [5.74, 6) is 0.518. The standard InChI is InChI=1S/C11H16FN3O/c1-2-9-8(3-4-16-9)6-13-11-5-10(12)14-7-15-11/h5,7-9H,2-4,6H2,1H3,(H,13,14,15). The summed E-state index contributed by atoms with van der Waals surface area (Å²) < 4.78 is 18.4. The SMILES string of the molecule is CCC1OCCC1CNc1cc(F)ncn1. The summed E-state index contributed by atoms with van der Waals surface area (Å²) >= 11 is 0. The van der Waals surface area contributed by atoms with Crippen molar-refractivity contribution in [3.63, 3.8) is 0 Å². The predicted octanol–water partition coefficient (Wildman–Crippen LogP) is 1.84. The maximum Gasteiger partial charge on any atom is 0.217 e. The summed E-state index contributed by atoms with van der Waals surface area (Å²) in [5, 5.41) is 3.12. The number of hydrogen-bond acceptors (Lipinski definition) is 4. The molecule has 0 amide bonds. The molecule has 0 spiro atoms. The number of rotatable bonds is 4. The molecule has 1 aromatic rings. The largest absolute Gasteiger partial charge is 0.378 e. The Kier molecular flexibility index (Phi) is 3.66. The van der Waals surface area contributed by atoms with Crippen LogP contribution in [-0.4, -0.2) is 29.2 Å². The van der Waals surface area contributed by atoms with Gasteiger partial charge in [0.2, 0.25) is 5.95 Å². The van der Waals surface area contributed by atoms with Gasteiger partial charge in [0.1, 0.15) is 12.1 Å². The van der Waals surface area contributed by atoms with E-state index in [0.29, 0.717) is 17.8 Å². The van der Waals surface area contributed by atoms with Crippen molar-refractivity contribution in [2.45, 2.75) is 25.9 Å². The molecule has 2 rings (SSSR count). The minimum absolute atomic E-state index is 0.319. The molecule has 5 heteroatoms. The summed E-state index contributed by atoms with van der Waals surface area (Å²) in [4.78, 5) is 7.36. The van der Waals surface area contributed by atoms with Gasteiger partial charge in [0.05, 0.1) is 6.10 Å². The van der Waals surface area contributed by atoms with Crippen LogP contribution in [0.5, 0.6) is 0 Å². The van der Waals surface area contributed by atoms with Gasteiger partial charge in [0, 0.05) is 25.1 Å². The Hall–Kier alpha value is -1.23. The molecule has 2 heterocycles. The van der Waals surface area contributed by atoms with Crippen LogP contribution >= 0.6 is 0 Å². The van der Waals surface area contributed by atoms with Crippen molar-refractivity contribution in [3.8, 4) is 0 Å². The van der Waals surface area contributed by atoms with E-state index in [1.807, 2.05) is 0 Å². The van der Waals surface area contributed by atoms with E-state index < -0.39 is 5.95 Å². The average Bonchev–Trinajstić information content (AvgIpc) is 2.74. The van der Waals surface area contributed by atoms with Crippen molar-refractivity contribution in [3.05, 3.63) is 18.3 Å². The highest BCUT2D eigenvalue weighted by atomic mass is 19.1. The first-order valence-corrected chi connectivity index (χ1v) is 5.62. The maximum absolute atomic E-state index is 12.8. The van der Waals surface area contributed by atoms with E-state index >= 15 is 0 Å². The van der Waals surface area contributed by atoms with E-state index in [1.165, 1.54) is 12.4 Å². The van der Waals surface area contributed by atoms with Crippen LogP contribution in [0, 0.1) is 11.9 Å². The van der Waals surface area contributed by atoms with Crippen molar-refractivity contribution in [2.75, 3.05) is 18.5 Å². The van der Waals surface area contributed by atoms with Crippen LogP contribution in [0.25, 0.3) is 0 Å². The van der Waals surface area contributed by atoms with Gasteiger partial charge in [-0.2, -0.15) is 4.39 Å². The first-order valence-electron chi connectivity index (χ1n) is 5.62. The molecule has 1 aliphatic heterocycles. The molecule has 0 bridgehead atoms. The van der Waals surface area contributed by atoms with Crippen LogP contribution < -0.4 is 5.32 Å². The van der Waals surface area contributed by atoms with Crippen molar-refractivity contribution >= 4 is 5.82 Å². The number of halogens is 1. The third-order valence-corrected chi connectivity index (χ3v) is 2.93. The first-order chi connectivity index (χ1) is 7.79. The van der Waals surface area contributed by atoms with E-state index in [-0.39, 0.29) is 0 Å². The quantitative estimate of drug-likeness (QED) is 0.794. The maximum atomic E-state index is 12.8. The van der Waals surface area contributed by atoms with E-state index in [1.54, 1.807) is 0 Å². The minimum Gasteiger partial charge on any atom is -0.378 e. The first kappa shape index (κ1) is 11.3. The van der Waals surface area contributed by atoms with Crippen LogP contribution in [0.2, 0.25) is 0 Å². The molecular formula is C11H16FN3O. The number of aromatic nitrogens is 2. The van der Waals surface area contributed by atoms with Gasteiger partial charge >= 0.3 is 0 Å². The van der Waals surface area contributed by atoms with Gasteiger partial charge in [-0.25, -0.2) is 9.97 Å². The third kappa shape index (κ3) is 2.66. The number of hydrogen-bond donors (Lipinski definition) is 1. The van der Waals surface area contributed by atoms with Gasteiger partial charge < -0.3 is 10.1 Å². The Morgan fingerprint density at radius 3 is 3.19 bits per heavy atom. The molecule has 1 aliphatic rings. The molecule has 0 saturated carbocycles. The third-order valence-electron chi connectivity index (χ3n) is 2.93. The van der Waals surface area contributed by atoms with E-state index in [0.717, 1.165) is 26.0 Å². The molecule has 1 fully saturated rings. The molecule has 16 heavy (non-hydrogen) atoms. The van der Waals surface area contributed by atoms with E-state index in [2.05, 4.69) is 22.2 Å². The Bertz CT molecular complexity index is 348. The van der Waals surface area contributed by atoms with Crippen LogP contribution in [0.3, 0.4) is 0 Å². The predicted molar refractivity (Wildman–Crippen MR) is 58.6 cm³/mol. The second-order valence-corrected chi connectivity index (χ2v) is 3.97. The van der Waals surface area contributed by atoms with Crippen molar-refractivity contribution in [1.29, 1.82) is 0 Å². The highest BCUT2D eigenvalue weighted by Crippen LogP contribution is 2.23. The fourth-order valence-electron chi connectivity index (χ4n) is 2.04. The summed E-state index contributed by atoms with van der Waals surface area (Å²) in [7, 11) is 0. The molecule has 2 unspecified atom stereocenters. The Morgan fingerprint density at radius 2 is 2.44 bits per heavy atom. The lowest BCUT2D eigenvalue weighted by atomic mass is 10.00. The van der Waals surface area contributed by atoms with Gasteiger partial charge in [-0.3, -0.25) is 0 Å². The molecule has 1 N–H and O–H groups in total. The molecule has 0 aromatic carbocycles. The minimum atomic E-state index is -0.507. The molecular weight excluding hydrogens is 209 g/mol. The smallest absolute Gasteiger partial charge is 0.217 e. The van der Waals surface area contributed by atoms with Gasteiger partial charge in [-0.15, -0.1) is 0 Å². The molecule has 88 valence electrons. The van der Waals surface area contributed by atoms with Crippen LogP contribution in [-0.2, 0) is 4.74 Å². The molecule has 2 atom stereocenters. The monoisotopic (exact) mass is 225 g/mol. The number of nitrogens with one attached hydrogen (secondary N) is 1. The van der Waals surface area contributed by atoms with Crippen LogP contribution in [0.15, 0.2) is 12.4 Å². The Balaban J connectivity index is 1.87. The van der Waals surface area contributed by atoms with Crippen LogP contribution in [0.1, 0.15) is 19.8 Å². The molecule has 0 radical (unpaired) electrons. The summed E-state index contributed by atoms with van der Waals surface area (Å²) in [6.45, 7) is 3.71. The summed E-state index contributed by atoms with van der Waals surface area (Å²) in [6, 6.07) is 1.30. The Morgan fingerprint density at radius 1 is 1.56 bits per heavy atom. The highest BCUT2D eigenvalue weighted by molar-refractivity contribution is 5.32. The second-order valence-electron chi connectivity index (χ2n) is 3.97. The number of nitrogens with zero attached hydrogens (tertiary/aromatic N) is 2. The zero-order valence-electron chi connectivity index (χ0n) is 9.32. The summed E-state index contributed by atoms with van der Waals surface area (Å²) in [6.07, 6.45) is 3.61. The molecule has 1 aromatic heterocycles. The number of ether oxygens (including phenoxy) is 1. The fraction of sp³-hybridized carbons (Fsp3) is 0.636. The second kappa shape index (κ2) is 5.21. The lowest BCUT2D eigenvalue weighted by Gasteiger charge is -2.17. The number of anilines is 1. The van der Waals surface area contributed by atoms with Crippen LogP contribution in [0.4, 0.5) is 10.2 Å². The van der Waals surface area contributed by atoms with Crippen molar-refractivity contribution in [1.82, 2.24) is 9.97 Å². The van der Waals surface area contributed by atoms with Crippen molar-refractivity contribution in [2.24, 2.45) is 5.92 Å². The zero-order chi connectivity index (χ0) is 11.4. The van der Waals surface area contributed by atoms with Gasteiger partial charge in [-0.1, -0.05) is 6.92 Å². The van der Waals surface area contributed by atoms with Gasteiger partial charge in [-0.05, 0) is 12.8 Å². The summed E-state index contributed by atoms with van der Waals surface area (Å²) in [5.41, 5.74) is 0. The lowest BCUT2D eigenvalue weighted by Crippen LogP contribution is -2.23. The highest BCUT2D eigenvalue weighted by Gasteiger charge is 2.26. The van der Waals surface area contributed by atoms with Crippen molar-refractivity contribution < 1.29 is 9.13 Å². The molecule has 1 saturated heterocycles.